The number of carboxylic acids is 1. The average Bonchev–Trinajstić information content (AvgIpc) is 2.85. The van der Waals surface area contributed by atoms with Gasteiger partial charge in [-0.25, -0.2) is 14.5 Å². The fraction of sp³-hybridized carbons (Fsp3) is 0.250. The molecule has 0 unspecified atom stereocenters. The molecule has 0 saturated heterocycles. The van der Waals surface area contributed by atoms with Crippen LogP contribution in [-0.2, 0) is 4.79 Å². The second-order valence-electron chi connectivity index (χ2n) is 4.16. The summed E-state index contributed by atoms with van der Waals surface area (Å²) in [7, 11) is 0. The Bertz CT molecular complexity index is 739. The van der Waals surface area contributed by atoms with Crippen LogP contribution in [0.1, 0.15) is 0 Å². The zero-order chi connectivity index (χ0) is 14.8. The van der Waals surface area contributed by atoms with Gasteiger partial charge in [-0.3, -0.25) is 4.79 Å². The number of hydrogen-bond acceptors (Lipinski definition) is 6. The zero-order valence-corrected chi connectivity index (χ0v) is 11.6. The SMILES string of the molecule is O=C(O)CSc1n[nH]c(=O)n1-c1ccc2c(c1)OCCO2. The van der Waals surface area contributed by atoms with Gasteiger partial charge >= 0.3 is 11.7 Å². The molecular formula is C12H11N3O5S. The van der Waals surface area contributed by atoms with Crippen molar-refractivity contribution in [1.82, 2.24) is 14.8 Å². The third kappa shape index (κ3) is 2.72. The summed E-state index contributed by atoms with van der Waals surface area (Å²) in [6, 6.07) is 5.06. The zero-order valence-electron chi connectivity index (χ0n) is 10.7. The smallest absolute Gasteiger partial charge is 0.348 e. The monoisotopic (exact) mass is 309 g/mol. The van der Waals surface area contributed by atoms with Gasteiger partial charge in [-0.2, -0.15) is 0 Å². The maximum Gasteiger partial charge on any atom is 0.348 e. The minimum Gasteiger partial charge on any atom is -0.486 e. The highest BCUT2D eigenvalue weighted by molar-refractivity contribution is 7.99. The van der Waals surface area contributed by atoms with Gasteiger partial charge in [0.1, 0.15) is 13.2 Å². The summed E-state index contributed by atoms with van der Waals surface area (Å²) in [5, 5.41) is 15.1. The summed E-state index contributed by atoms with van der Waals surface area (Å²) in [4.78, 5) is 22.5. The fourth-order valence-electron chi connectivity index (χ4n) is 1.90. The van der Waals surface area contributed by atoms with Crippen molar-refractivity contribution in [3.8, 4) is 17.2 Å². The number of aromatic nitrogens is 3. The highest BCUT2D eigenvalue weighted by atomic mass is 32.2. The molecule has 0 saturated carbocycles. The van der Waals surface area contributed by atoms with Crippen molar-refractivity contribution in [3.05, 3.63) is 28.7 Å². The largest absolute Gasteiger partial charge is 0.486 e. The Labute approximate surface area is 122 Å². The van der Waals surface area contributed by atoms with Crippen molar-refractivity contribution >= 4 is 17.7 Å². The molecule has 2 heterocycles. The first-order valence-corrected chi connectivity index (χ1v) is 7.06. The van der Waals surface area contributed by atoms with Crippen LogP contribution in [-0.4, -0.2) is 44.8 Å². The number of aromatic amines is 1. The Morgan fingerprint density at radius 1 is 1.38 bits per heavy atom. The Hall–Kier alpha value is -2.42. The van der Waals surface area contributed by atoms with E-state index in [0.29, 0.717) is 30.4 Å². The summed E-state index contributed by atoms with van der Waals surface area (Å²) in [6.07, 6.45) is 0. The Balaban J connectivity index is 1.98. The van der Waals surface area contributed by atoms with Gasteiger partial charge in [0.25, 0.3) is 0 Å². The van der Waals surface area contributed by atoms with Crippen molar-refractivity contribution in [3.63, 3.8) is 0 Å². The number of ether oxygens (including phenoxy) is 2. The molecule has 2 aromatic rings. The standard InChI is InChI=1S/C12H11N3O5S/c16-10(17)6-21-12-14-13-11(18)15(12)7-1-2-8-9(5-7)20-4-3-19-8/h1-2,5H,3-4,6H2,(H,13,18)(H,16,17). The van der Waals surface area contributed by atoms with Gasteiger partial charge in [0.15, 0.2) is 16.7 Å². The van der Waals surface area contributed by atoms with Crippen LogP contribution in [0.25, 0.3) is 5.69 Å². The van der Waals surface area contributed by atoms with Crippen LogP contribution >= 0.6 is 11.8 Å². The molecule has 0 fully saturated rings. The van der Waals surface area contributed by atoms with Crippen LogP contribution < -0.4 is 15.2 Å². The number of nitrogens with one attached hydrogen (secondary N) is 1. The van der Waals surface area contributed by atoms with Gasteiger partial charge in [-0.05, 0) is 12.1 Å². The molecule has 0 radical (unpaired) electrons. The number of H-pyrrole nitrogens is 1. The van der Waals surface area contributed by atoms with E-state index in [2.05, 4.69) is 10.2 Å². The molecule has 110 valence electrons. The lowest BCUT2D eigenvalue weighted by Crippen LogP contribution is -2.18. The summed E-state index contributed by atoms with van der Waals surface area (Å²) in [6.45, 7) is 0.926. The van der Waals surface area contributed by atoms with Gasteiger partial charge in [-0.15, -0.1) is 5.10 Å². The molecule has 21 heavy (non-hydrogen) atoms. The number of carbonyl (C=O) groups is 1. The Kier molecular flexibility index (Phi) is 3.57. The number of fused-ring (bicyclic) bond motifs is 1. The van der Waals surface area contributed by atoms with E-state index < -0.39 is 11.7 Å². The Morgan fingerprint density at radius 2 is 2.14 bits per heavy atom. The first kappa shape index (κ1) is 13.6. The number of nitrogens with zero attached hydrogens (tertiary/aromatic N) is 2. The molecule has 1 aromatic heterocycles. The highest BCUT2D eigenvalue weighted by Gasteiger charge is 2.16. The topological polar surface area (TPSA) is 106 Å². The predicted octanol–water partition coefficient (Wildman–Crippen LogP) is 0.508. The van der Waals surface area contributed by atoms with Gasteiger partial charge in [-0.1, -0.05) is 11.8 Å². The lowest BCUT2D eigenvalue weighted by Gasteiger charge is -2.19. The fourth-order valence-corrected chi connectivity index (χ4v) is 2.58. The normalized spacial score (nSPS) is 13.1. The number of benzene rings is 1. The third-order valence-electron chi connectivity index (χ3n) is 2.75. The van der Waals surface area contributed by atoms with Crippen molar-refractivity contribution in [2.75, 3.05) is 19.0 Å². The van der Waals surface area contributed by atoms with E-state index >= 15 is 0 Å². The molecule has 0 bridgehead atoms. The second-order valence-corrected chi connectivity index (χ2v) is 5.10. The summed E-state index contributed by atoms with van der Waals surface area (Å²) in [5.74, 6) is -0.0130. The second kappa shape index (κ2) is 5.52. The van der Waals surface area contributed by atoms with Crippen LogP contribution in [0, 0.1) is 0 Å². The van der Waals surface area contributed by atoms with Gasteiger partial charge in [0.05, 0.1) is 11.4 Å². The molecule has 1 aliphatic rings. The maximum atomic E-state index is 11.9. The molecule has 0 atom stereocenters. The van der Waals surface area contributed by atoms with Gasteiger partial charge in [0, 0.05) is 6.07 Å². The number of hydrogen-bond donors (Lipinski definition) is 2. The molecule has 9 heteroatoms. The number of thioether (sulfide) groups is 1. The van der Waals surface area contributed by atoms with E-state index in [1.54, 1.807) is 18.2 Å². The summed E-state index contributed by atoms with van der Waals surface area (Å²) in [5.41, 5.74) is 0.0884. The number of rotatable bonds is 4. The third-order valence-corrected chi connectivity index (χ3v) is 3.67. The van der Waals surface area contributed by atoms with E-state index in [1.165, 1.54) is 4.57 Å². The van der Waals surface area contributed by atoms with Crippen molar-refractivity contribution in [2.24, 2.45) is 0 Å². The molecule has 3 rings (SSSR count). The van der Waals surface area contributed by atoms with E-state index in [9.17, 15) is 9.59 Å². The van der Waals surface area contributed by atoms with E-state index in [1.807, 2.05) is 0 Å². The highest BCUT2D eigenvalue weighted by Crippen LogP contribution is 2.32. The maximum absolute atomic E-state index is 11.9. The molecule has 0 aliphatic carbocycles. The van der Waals surface area contributed by atoms with Crippen LogP contribution in [0.3, 0.4) is 0 Å². The van der Waals surface area contributed by atoms with Crippen molar-refractivity contribution < 1.29 is 19.4 Å². The van der Waals surface area contributed by atoms with Gasteiger partial charge < -0.3 is 14.6 Å². The molecule has 1 aliphatic heterocycles. The summed E-state index contributed by atoms with van der Waals surface area (Å²) < 4.78 is 12.2. The lowest BCUT2D eigenvalue weighted by atomic mass is 10.2. The summed E-state index contributed by atoms with van der Waals surface area (Å²) >= 11 is 0.957. The quantitative estimate of drug-likeness (QED) is 0.792. The van der Waals surface area contributed by atoms with Crippen molar-refractivity contribution in [2.45, 2.75) is 5.16 Å². The minimum absolute atomic E-state index is 0.186. The van der Waals surface area contributed by atoms with Crippen LogP contribution in [0.4, 0.5) is 0 Å². The molecule has 8 nitrogen and oxygen atoms in total. The molecular weight excluding hydrogens is 298 g/mol. The lowest BCUT2D eigenvalue weighted by molar-refractivity contribution is -0.133. The van der Waals surface area contributed by atoms with E-state index in [4.69, 9.17) is 14.6 Å². The Morgan fingerprint density at radius 3 is 2.90 bits per heavy atom. The molecule has 2 N–H and O–H groups in total. The first-order chi connectivity index (χ1) is 10.1. The number of aliphatic carboxylic acids is 1. The van der Waals surface area contributed by atoms with Crippen LogP contribution in [0.15, 0.2) is 28.2 Å². The first-order valence-electron chi connectivity index (χ1n) is 6.07. The predicted molar refractivity (Wildman–Crippen MR) is 73.5 cm³/mol. The minimum atomic E-state index is -0.982. The van der Waals surface area contributed by atoms with Crippen molar-refractivity contribution in [1.29, 1.82) is 0 Å². The van der Waals surface area contributed by atoms with Crippen LogP contribution in [0.2, 0.25) is 0 Å². The van der Waals surface area contributed by atoms with Gasteiger partial charge in [0.2, 0.25) is 0 Å². The molecule has 1 aromatic carbocycles. The molecule has 0 spiro atoms. The average molecular weight is 309 g/mol. The van der Waals surface area contributed by atoms with E-state index in [-0.39, 0.29) is 10.9 Å². The van der Waals surface area contributed by atoms with Crippen LogP contribution in [0.5, 0.6) is 11.5 Å². The molecule has 0 amide bonds. The number of carboxylic acid groups (broad SMARTS) is 1. The van der Waals surface area contributed by atoms with E-state index in [0.717, 1.165) is 11.8 Å².